The van der Waals surface area contributed by atoms with Crippen LogP contribution in [0, 0.1) is 0 Å². The van der Waals surface area contributed by atoms with E-state index in [-0.39, 0.29) is 0 Å². The SMILES string of the molecule is c1ccc2cc(-c3nc4ccc5ccccc5c4nc3-n3c4ccccc4c4cc5c(cc43)sc3c4ccccc4ccc53)ccc2c1. The van der Waals surface area contributed by atoms with Crippen LogP contribution in [0.25, 0.3) is 102 Å². The lowest BCUT2D eigenvalue weighted by Crippen LogP contribution is -2.04. The summed E-state index contributed by atoms with van der Waals surface area (Å²) in [6.07, 6.45) is 0. The van der Waals surface area contributed by atoms with Crippen molar-refractivity contribution in [2.75, 3.05) is 0 Å². The number of aromatic nitrogens is 3. The highest BCUT2D eigenvalue weighted by Gasteiger charge is 2.21. The first-order valence-electron chi connectivity index (χ1n) is 16.2. The highest BCUT2D eigenvalue weighted by molar-refractivity contribution is 7.26. The monoisotopic (exact) mass is 627 g/mol. The van der Waals surface area contributed by atoms with E-state index >= 15 is 0 Å². The first-order chi connectivity index (χ1) is 23.8. The normalized spacial score (nSPS) is 12.2. The molecule has 0 saturated carbocycles. The first kappa shape index (κ1) is 26.0. The summed E-state index contributed by atoms with van der Waals surface area (Å²) >= 11 is 1.88. The van der Waals surface area contributed by atoms with Crippen LogP contribution >= 0.6 is 11.3 Å². The Labute approximate surface area is 278 Å². The highest BCUT2D eigenvalue weighted by atomic mass is 32.1. The van der Waals surface area contributed by atoms with Crippen molar-refractivity contribution < 1.29 is 0 Å². The van der Waals surface area contributed by atoms with Crippen LogP contribution in [0.1, 0.15) is 0 Å². The maximum absolute atomic E-state index is 5.57. The smallest absolute Gasteiger partial charge is 0.165 e. The van der Waals surface area contributed by atoms with Gasteiger partial charge in [0.1, 0.15) is 5.69 Å². The second-order valence-corrected chi connectivity index (χ2v) is 13.6. The van der Waals surface area contributed by atoms with E-state index in [2.05, 4.69) is 156 Å². The topological polar surface area (TPSA) is 30.7 Å². The zero-order chi connectivity index (χ0) is 31.3. The van der Waals surface area contributed by atoms with Crippen molar-refractivity contribution in [3.63, 3.8) is 0 Å². The lowest BCUT2D eigenvalue weighted by molar-refractivity contribution is 1.08. The van der Waals surface area contributed by atoms with Gasteiger partial charge in [-0.1, -0.05) is 121 Å². The van der Waals surface area contributed by atoms with E-state index in [9.17, 15) is 0 Å². The van der Waals surface area contributed by atoms with Gasteiger partial charge in [0, 0.05) is 41.9 Å². The predicted octanol–water partition coefficient (Wildman–Crippen LogP) is 12.2. The summed E-state index contributed by atoms with van der Waals surface area (Å²) in [6, 6.07) is 54.6. The van der Waals surface area contributed by atoms with Gasteiger partial charge in [0.2, 0.25) is 0 Å². The molecule has 0 bridgehead atoms. The summed E-state index contributed by atoms with van der Waals surface area (Å²) in [7, 11) is 0. The fourth-order valence-electron chi connectivity index (χ4n) is 7.66. The van der Waals surface area contributed by atoms with E-state index < -0.39 is 0 Å². The van der Waals surface area contributed by atoms with Crippen molar-refractivity contribution in [1.82, 2.24) is 14.5 Å². The Morgan fingerprint density at radius 3 is 2.00 bits per heavy atom. The molecule has 0 aliphatic heterocycles. The summed E-state index contributed by atoms with van der Waals surface area (Å²) in [5, 5.41) is 12.3. The van der Waals surface area contributed by atoms with Gasteiger partial charge in [-0.3, -0.25) is 4.57 Å². The molecule has 0 radical (unpaired) electrons. The third-order valence-corrected chi connectivity index (χ3v) is 11.1. The van der Waals surface area contributed by atoms with E-state index in [0.29, 0.717) is 0 Å². The van der Waals surface area contributed by atoms with Gasteiger partial charge < -0.3 is 0 Å². The molecule has 0 spiro atoms. The minimum Gasteiger partial charge on any atom is -0.292 e. The summed E-state index contributed by atoms with van der Waals surface area (Å²) in [4.78, 5) is 11.0. The molecule has 0 aliphatic carbocycles. The summed E-state index contributed by atoms with van der Waals surface area (Å²) in [6.45, 7) is 0. The van der Waals surface area contributed by atoms with Gasteiger partial charge in [-0.05, 0) is 57.3 Å². The van der Waals surface area contributed by atoms with E-state index in [1.807, 2.05) is 11.3 Å². The molecule has 222 valence electrons. The van der Waals surface area contributed by atoms with E-state index in [0.717, 1.165) is 49.9 Å². The van der Waals surface area contributed by atoms with Gasteiger partial charge in [-0.25, -0.2) is 9.97 Å². The molecule has 0 fully saturated rings. The molecule has 0 amide bonds. The van der Waals surface area contributed by atoms with Gasteiger partial charge in [0.25, 0.3) is 0 Å². The van der Waals surface area contributed by atoms with Crippen LogP contribution in [0.4, 0.5) is 0 Å². The van der Waals surface area contributed by atoms with Gasteiger partial charge in [-0.15, -0.1) is 11.3 Å². The van der Waals surface area contributed by atoms with Crippen molar-refractivity contribution in [1.29, 1.82) is 0 Å². The molecule has 11 aromatic rings. The molecule has 3 aromatic heterocycles. The van der Waals surface area contributed by atoms with Gasteiger partial charge >= 0.3 is 0 Å². The predicted molar refractivity (Wildman–Crippen MR) is 205 cm³/mol. The van der Waals surface area contributed by atoms with E-state index in [1.165, 1.54) is 52.5 Å². The lowest BCUT2D eigenvalue weighted by atomic mass is 10.0. The van der Waals surface area contributed by atoms with Crippen LogP contribution in [0.3, 0.4) is 0 Å². The molecular formula is C44H25N3S. The average molecular weight is 628 g/mol. The van der Waals surface area contributed by atoms with Gasteiger partial charge in [0.15, 0.2) is 5.82 Å². The van der Waals surface area contributed by atoms with Crippen LogP contribution in [-0.4, -0.2) is 14.5 Å². The van der Waals surface area contributed by atoms with Gasteiger partial charge in [-0.2, -0.15) is 0 Å². The van der Waals surface area contributed by atoms with Crippen molar-refractivity contribution in [3.05, 3.63) is 152 Å². The average Bonchev–Trinajstić information content (AvgIpc) is 3.68. The summed E-state index contributed by atoms with van der Waals surface area (Å²) in [5.41, 5.74) is 5.97. The molecule has 8 aromatic carbocycles. The summed E-state index contributed by atoms with van der Waals surface area (Å²) in [5.74, 6) is 0.839. The van der Waals surface area contributed by atoms with Crippen molar-refractivity contribution in [3.8, 4) is 17.1 Å². The van der Waals surface area contributed by atoms with Crippen LogP contribution in [0.15, 0.2) is 152 Å². The third-order valence-electron chi connectivity index (χ3n) is 9.93. The zero-order valence-corrected chi connectivity index (χ0v) is 26.5. The molecule has 0 aliphatic rings. The second kappa shape index (κ2) is 9.71. The quantitative estimate of drug-likeness (QED) is 0.179. The van der Waals surface area contributed by atoms with E-state index in [1.54, 1.807) is 0 Å². The fraction of sp³-hybridized carbons (Fsp3) is 0. The van der Waals surface area contributed by atoms with Crippen LogP contribution in [-0.2, 0) is 0 Å². The molecule has 0 atom stereocenters. The van der Waals surface area contributed by atoms with Crippen LogP contribution < -0.4 is 0 Å². The fourth-order valence-corrected chi connectivity index (χ4v) is 8.91. The minimum atomic E-state index is 0.839. The first-order valence-corrected chi connectivity index (χ1v) is 17.1. The molecule has 48 heavy (non-hydrogen) atoms. The molecular weight excluding hydrogens is 603 g/mol. The number of para-hydroxylation sites is 1. The summed E-state index contributed by atoms with van der Waals surface area (Å²) < 4.78 is 4.95. The Morgan fingerprint density at radius 2 is 1.12 bits per heavy atom. The molecule has 4 heteroatoms. The number of hydrogen-bond acceptors (Lipinski definition) is 3. The van der Waals surface area contributed by atoms with Crippen LogP contribution in [0.5, 0.6) is 0 Å². The van der Waals surface area contributed by atoms with Crippen molar-refractivity contribution >= 4 is 96.7 Å². The maximum atomic E-state index is 5.57. The highest BCUT2D eigenvalue weighted by Crippen LogP contribution is 2.44. The Balaban J connectivity index is 1.29. The number of fused-ring (bicyclic) bond motifs is 12. The number of hydrogen-bond donors (Lipinski definition) is 0. The van der Waals surface area contributed by atoms with Crippen LogP contribution in [0.2, 0.25) is 0 Å². The number of thiophene rings is 1. The van der Waals surface area contributed by atoms with E-state index in [4.69, 9.17) is 9.97 Å². The molecule has 0 unspecified atom stereocenters. The number of nitrogens with zero attached hydrogens (tertiary/aromatic N) is 3. The standard InChI is InChI=1S/C44H25N3S/c1-2-12-29-23-30(18-17-26(29)9-1)41-44(46-42-31-13-5-3-10-27(31)20-22-37(42)45-41)47-38-16-8-7-15-33(38)35-24-36-34-21-19-28-11-4-6-14-32(28)43(34)48-40(36)25-39(35)47/h1-25H. The molecule has 0 N–H and O–H groups in total. The molecule has 3 heterocycles. The number of benzene rings is 8. The Kier molecular flexibility index (Phi) is 5.26. The Hall–Kier alpha value is -6.10. The second-order valence-electron chi connectivity index (χ2n) is 12.6. The van der Waals surface area contributed by atoms with Crippen molar-refractivity contribution in [2.24, 2.45) is 0 Å². The zero-order valence-electron chi connectivity index (χ0n) is 25.7. The van der Waals surface area contributed by atoms with Gasteiger partial charge in [0.05, 0.1) is 22.1 Å². The molecule has 3 nitrogen and oxygen atoms in total. The molecule has 0 saturated heterocycles. The van der Waals surface area contributed by atoms with Crippen molar-refractivity contribution in [2.45, 2.75) is 0 Å². The number of rotatable bonds is 2. The third kappa shape index (κ3) is 3.63. The minimum absolute atomic E-state index is 0.839. The lowest BCUT2D eigenvalue weighted by Gasteiger charge is -2.15. The maximum Gasteiger partial charge on any atom is 0.165 e. The largest absolute Gasteiger partial charge is 0.292 e. The molecule has 11 rings (SSSR count). The Morgan fingerprint density at radius 1 is 0.438 bits per heavy atom. The Bertz CT molecular complexity index is 3130.